The van der Waals surface area contributed by atoms with Gasteiger partial charge < -0.3 is 0 Å². The third-order valence-corrected chi connectivity index (χ3v) is 3.05. The molecule has 17 heavy (non-hydrogen) atoms. The van der Waals surface area contributed by atoms with Gasteiger partial charge in [0.05, 0.1) is 0 Å². The van der Waals surface area contributed by atoms with Crippen LogP contribution >= 0.6 is 0 Å². The van der Waals surface area contributed by atoms with Crippen molar-refractivity contribution in [1.82, 2.24) is 0 Å². The Morgan fingerprint density at radius 3 is 2.35 bits per heavy atom. The fraction of sp³-hybridized carbons (Fsp3) is 0.562. The van der Waals surface area contributed by atoms with Gasteiger partial charge in [0.15, 0.2) is 6.29 Å². The minimum atomic E-state index is 0.594. The number of rotatable bonds is 9. The monoisotopic (exact) mass is 231 g/mol. The Balaban J connectivity index is 2.29. The van der Waals surface area contributed by atoms with Crippen LogP contribution in [-0.2, 0) is 17.6 Å². The van der Waals surface area contributed by atoms with Gasteiger partial charge in [0.25, 0.3) is 0 Å². The SMILES string of the molecule is CCCCc1cccc(CCCCC[C]=O)c1. The van der Waals surface area contributed by atoms with E-state index in [1.165, 1.54) is 36.8 Å². The summed E-state index contributed by atoms with van der Waals surface area (Å²) in [6, 6.07) is 8.93. The Labute approximate surface area is 105 Å². The zero-order valence-electron chi connectivity index (χ0n) is 10.9. The summed E-state index contributed by atoms with van der Waals surface area (Å²) in [4.78, 5) is 10.1. The third kappa shape index (κ3) is 6.25. The van der Waals surface area contributed by atoms with Crippen LogP contribution in [0.2, 0.25) is 0 Å². The van der Waals surface area contributed by atoms with Crippen molar-refractivity contribution >= 4 is 6.29 Å². The molecule has 0 unspecified atom stereocenters. The Morgan fingerprint density at radius 1 is 1.00 bits per heavy atom. The summed E-state index contributed by atoms with van der Waals surface area (Å²) in [6.45, 7) is 2.23. The van der Waals surface area contributed by atoms with Crippen molar-refractivity contribution in [1.29, 1.82) is 0 Å². The van der Waals surface area contributed by atoms with Crippen LogP contribution in [0, 0.1) is 0 Å². The third-order valence-electron chi connectivity index (χ3n) is 3.05. The molecule has 1 rings (SSSR count). The van der Waals surface area contributed by atoms with Crippen molar-refractivity contribution in [2.75, 3.05) is 0 Å². The van der Waals surface area contributed by atoms with Crippen molar-refractivity contribution in [3.63, 3.8) is 0 Å². The summed E-state index contributed by atoms with van der Waals surface area (Å²) in [5.41, 5.74) is 2.90. The van der Waals surface area contributed by atoms with Gasteiger partial charge >= 0.3 is 0 Å². The second-order valence-corrected chi connectivity index (χ2v) is 4.63. The lowest BCUT2D eigenvalue weighted by Crippen LogP contribution is -1.90. The Bertz CT molecular complexity index is 317. The molecule has 0 aliphatic rings. The second kappa shape index (κ2) is 8.98. The highest BCUT2D eigenvalue weighted by atomic mass is 16.1. The highest BCUT2D eigenvalue weighted by Gasteiger charge is 1.97. The zero-order valence-corrected chi connectivity index (χ0v) is 10.9. The van der Waals surface area contributed by atoms with Crippen molar-refractivity contribution in [2.24, 2.45) is 0 Å². The molecule has 0 atom stereocenters. The lowest BCUT2D eigenvalue weighted by atomic mass is 10.0. The molecule has 0 amide bonds. The smallest absolute Gasteiger partial charge is 0.198 e. The van der Waals surface area contributed by atoms with Gasteiger partial charge in [-0.15, -0.1) is 0 Å². The van der Waals surface area contributed by atoms with Gasteiger partial charge in [-0.25, -0.2) is 0 Å². The maximum atomic E-state index is 10.1. The molecule has 0 heterocycles. The van der Waals surface area contributed by atoms with Gasteiger partial charge in [-0.1, -0.05) is 44.0 Å². The fourth-order valence-corrected chi connectivity index (χ4v) is 2.02. The van der Waals surface area contributed by atoms with Crippen LogP contribution in [0.4, 0.5) is 0 Å². The van der Waals surface area contributed by atoms with Gasteiger partial charge in [0.2, 0.25) is 0 Å². The molecule has 0 aromatic heterocycles. The number of benzene rings is 1. The van der Waals surface area contributed by atoms with Gasteiger partial charge in [-0.3, -0.25) is 4.79 Å². The van der Waals surface area contributed by atoms with Crippen LogP contribution in [-0.4, -0.2) is 6.29 Å². The first kappa shape index (κ1) is 14.0. The minimum Gasteiger partial charge on any atom is -0.291 e. The molecular weight excluding hydrogens is 208 g/mol. The van der Waals surface area contributed by atoms with E-state index in [2.05, 4.69) is 31.2 Å². The highest BCUT2D eigenvalue weighted by Crippen LogP contribution is 2.12. The van der Waals surface area contributed by atoms with E-state index in [0.717, 1.165) is 19.3 Å². The molecule has 0 N–H and O–H groups in total. The van der Waals surface area contributed by atoms with E-state index in [-0.39, 0.29) is 0 Å². The fourth-order valence-electron chi connectivity index (χ4n) is 2.02. The van der Waals surface area contributed by atoms with Crippen LogP contribution in [0.15, 0.2) is 24.3 Å². The molecule has 0 fully saturated rings. The van der Waals surface area contributed by atoms with Crippen LogP contribution in [0.1, 0.15) is 56.6 Å². The molecule has 1 heteroatoms. The standard InChI is InChI=1S/C16H23O/c1-2-3-9-15-11-8-12-16(14-15)10-6-4-5-7-13-17/h8,11-12,14H,2-7,9-10H2,1H3. The highest BCUT2D eigenvalue weighted by molar-refractivity contribution is 5.50. The van der Waals surface area contributed by atoms with E-state index in [0.29, 0.717) is 6.42 Å². The van der Waals surface area contributed by atoms with Gasteiger partial charge in [0.1, 0.15) is 0 Å². The van der Waals surface area contributed by atoms with Crippen LogP contribution in [0.5, 0.6) is 0 Å². The Morgan fingerprint density at radius 2 is 1.71 bits per heavy atom. The molecule has 1 aromatic carbocycles. The molecular formula is C16H23O. The quantitative estimate of drug-likeness (QED) is 0.581. The van der Waals surface area contributed by atoms with Crippen molar-refractivity contribution in [3.8, 4) is 0 Å². The molecule has 1 aromatic rings. The Hall–Kier alpha value is -1.11. The number of aryl methyl sites for hydroxylation is 2. The first-order valence-corrected chi connectivity index (χ1v) is 6.79. The lowest BCUT2D eigenvalue weighted by Gasteiger charge is -2.04. The summed E-state index contributed by atoms with van der Waals surface area (Å²) < 4.78 is 0. The van der Waals surface area contributed by atoms with Crippen molar-refractivity contribution < 1.29 is 4.79 Å². The topological polar surface area (TPSA) is 17.1 Å². The summed E-state index contributed by atoms with van der Waals surface area (Å²) in [5, 5.41) is 0. The second-order valence-electron chi connectivity index (χ2n) is 4.63. The summed E-state index contributed by atoms with van der Waals surface area (Å²) >= 11 is 0. The molecule has 0 saturated carbocycles. The molecule has 93 valence electrons. The maximum absolute atomic E-state index is 10.1. The first-order chi connectivity index (χ1) is 8.36. The molecule has 1 radical (unpaired) electrons. The van der Waals surface area contributed by atoms with Gasteiger partial charge in [0, 0.05) is 6.42 Å². The van der Waals surface area contributed by atoms with Crippen LogP contribution < -0.4 is 0 Å². The lowest BCUT2D eigenvalue weighted by molar-refractivity contribution is 0.545. The predicted octanol–water partition coefficient (Wildman–Crippen LogP) is 4.24. The summed E-state index contributed by atoms with van der Waals surface area (Å²) in [6.07, 6.45) is 10.7. The molecule has 0 bridgehead atoms. The van der Waals surface area contributed by atoms with E-state index in [1.54, 1.807) is 0 Å². The van der Waals surface area contributed by atoms with Crippen LogP contribution in [0.25, 0.3) is 0 Å². The van der Waals surface area contributed by atoms with Crippen molar-refractivity contribution in [2.45, 2.75) is 58.3 Å². The average Bonchev–Trinajstić information content (AvgIpc) is 2.37. The number of hydrogen-bond donors (Lipinski definition) is 0. The first-order valence-electron chi connectivity index (χ1n) is 6.79. The Kier molecular flexibility index (Phi) is 7.37. The predicted molar refractivity (Wildman–Crippen MR) is 72.9 cm³/mol. The minimum absolute atomic E-state index is 0.594. The molecule has 0 aliphatic carbocycles. The van der Waals surface area contributed by atoms with Gasteiger partial charge in [-0.05, 0) is 43.2 Å². The molecule has 0 aliphatic heterocycles. The van der Waals surface area contributed by atoms with E-state index in [4.69, 9.17) is 0 Å². The maximum Gasteiger partial charge on any atom is 0.198 e. The number of carbonyl (C=O) groups excluding carboxylic acids is 1. The molecule has 0 saturated heterocycles. The molecule has 0 spiro atoms. The summed E-state index contributed by atoms with van der Waals surface area (Å²) in [7, 11) is 0. The van der Waals surface area contributed by atoms with E-state index < -0.39 is 0 Å². The van der Waals surface area contributed by atoms with Crippen LogP contribution in [0.3, 0.4) is 0 Å². The van der Waals surface area contributed by atoms with Gasteiger partial charge in [-0.2, -0.15) is 0 Å². The zero-order chi connectivity index (χ0) is 12.3. The van der Waals surface area contributed by atoms with E-state index >= 15 is 0 Å². The van der Waals surface area contributed by atoms with E-state index in [1.807, 2.05) is 6.29 Å². The van der Waals surface area contributed by atoms with E-state index in [9.17, 15) is 4.79 Å². The molecule has 1 nitrogen and oxygen atoms in total. The number of hydrogen-bond acceptors (Lipinski definition) is 1. The normalized spacial score (nSPS) is 10.4. The van der Waals surface area contributed by atoms with Crippen molar-refractivity contribution in [3.05, 3.63) is 35.4 Å². The largest absolute Gasteiger partial charge is 0.291 e. The number of unbranched alkanes of at least 4 members (excludes halogenated alkanes) is 4. The summed E-state index contributed by atoms with van der Waals surface area (Å²) in [5.74, 6) is 0. The average molecular weight is 231 g/mol.